The van der Waals surface area contributed by atoms with Crippen LogP contribution in [-0.4, -0.2) is 37.9 Å². The molecule has 2 aromatic rings. The molecule has 0 unspecified atom stereocenters. The van der Waals surface area contributed by atoms with Crippen molar-refractivity contribution in [3.05, 3.63) is 36.2 Å². The Morgan fingerprint density at radius 3 is 2.84 bits per heavy atom. The summed E-state index contributed by atoms with van der Waals surface area (Å²) >= 11 is 0. The van der Waals surface area contributed by atoms with Crippen LogP contribution in [-0.2, 0) is 17.8 Å². The molecular weight excluding hydrogens is 248 g/mol. The molecule has 2 rings (SSSR count). The Labute approximate surface area is 109 Å². The fourth-order valence-corrected chi connectivity index (χ4v) is 1.55. The number of carbonyl (C=O) groups is 1. The molecule has 1 N–H and O–H groups in total. The SMILES string of the molecule is O=C(O)CCn1nnnc1CCOc1ccccc1. The molecule has 0 amide bonds. The molecule has 0 spiro atoms. The number of para-hydroxylation sites is 1. The van der Waals surface area contributed by atoms with Crippen molar-refractivity contribution < 1.29 is 14.6 Å². The van der Waals surface area contributed by atoms with Gasteiger partial charge >= 0.3 is 5.97 Å². The minimum Gasteiger partial charge on any atom is -0.493 e. The number of aliphatic carboxylic acids is 1. The van der Waals surface area contributed by atoms with Crippen molar-refractivity contribution in [1.29, 1.82) is 0 Å². The molecule has 0 atom stereocenters. The van der Waals surface area contributed by atoms with E-state index in [-0.39, 0.29) is 13.0 Å². The van der Waals surface area contributed by atoms with Gasteiger partial charge in [-0.2, -0.15) is 0 Å². The maximum absolute atomic E-state index is 10.5. The zero-order valence-electron chi connectivity index (χ0n) is 10.3. The third-order valence-corrected chi connectivity index (χ3v) is 2.48. The first-order valence-corrected chi connectivity index (χ1v) is 5.90. The minimum atomic E-state index is -0.873. The van der Waals surface area contributed by atoms with Gasteiger partial charge < -0.3 is 9.84 Å². The van der Waals surface area contributed by atoms with Crippen molar-refractivity contribution in [2.45, 2.75) is 19.4 Å². The molecule has 0 aliphatic carbocycles. The van der Waals surface area contributed by atoms with Crippen LogP contribution in [0.1, 0.15) is 12.2 Å². The fraction of sp³-hybridized carbons (Fsp3) is 0.333. The van der Waals surface area contributed by atoms with Gasteiger partial charge in [-0.15, -0.1) is 5.10 Å². The van der Waals surface area contributed by atoms with E-state index in [9.17, 15) is 4.79 Å². The topological polar surface area (TPSA) is 90.1 Å². The molecule has 0 fully saturated rings. The monoisotopic (exact) mass is 262 g/mol. The second-order valence-corrected chi connectivity index (χ2v) is 3.87. The normalized spacial score (nSPS) is 10.3. The first-order chi connectivity index (χ1) is 9.25. The average molecular weight is 262 g/mol. The van der Waals surface area contributed by atoms with Crippen molar-refractivity contribution >= 4 is 5.97 Å². The third-order valence-electron chi connectivity index (χ3n) is 2.48. The molecular formula is C12H14N4O3. The van der Waals surface area contributed by atoms with Crippen LogP contribution in [0.2, 0.25) is 0 Å². The van der Waals surface area contributed by atoms with Crippen molar-refractivity contribution in [3.63, 3.8) is 0 Å². The van der Waals surface area contributed by atoms with Crippen LogP contribution in [0.25, 0.3) is 0 Å². The predicted molar refractivity (Wildman–Crippen MR) is 65.7 cm³/mol. The number of hydrogen-bond acceptors (Lipinski definition) is 5. The van der Waals surface area contributed by atoms with Crippen LogP contribution < -0.4 is 4.74 Å². The summed E-state index contributed by atoms with van der Waals surface area (Å²) in [7, 11) is 0. The molecule has 7 heteroatoms. The Bertz CT molecular complexity index is 527. The summed E-state index contributed by atoms with van der Waals surface area (Å²) in [6.45, 7) is 0.709. The van der Waals surface area contributed by atoms with Crippen LogP contribution in [0, 0.1) is 0 Å². The maximum Gasteiger partial charge on any atom is 0.305 e. The van der Waals surface area contributed by atoms with E-state index in [1.807, 2.05) is 30.3 Å². The highest BCUT2D eigenvalue weighted by atomic mass is 16.5. The van der Waals surface area contributed by atoms with E-state index in [1.54, 1.807) is 0 Å². The van der Waals surface area contributed by atoms with Crippen LogP contribution in [0.3, 0.4) is 0 Å². The molecule has 0 bridgehead atoms. The van der Waals surface area contributed by atoms with Gasteiger partial charge in [0.2, 0.25) is 0 Å². The van der Waals surface area contributed by atoms with Gasteiger partial charge in [-0.3, -0.25) is 4.79 Å². The lowest BCUT2D eigenvalue weighted by Gasteiger charge is -2.05. The quantitative estimate of drug-likeness (QED) is 0.792. The van der Waals surface area contributed by atoms with E-state index in [1.165, 1.54) is 4.68 Å². The summed E-state index contributed by atoms with van der Waals surface area (Å²) in [6, 6.07) is 9.44. The van der Waals surface area contributed by atoms with Crippen molar-refractivity contribution in [1.82, 2.24) is 20.2 Å². The standard InChI is InChI=1S/C12H14N4O3/c17-12(18)6-8-16-11(13-14-15-16)7-9-19-10-4-2-1-3-5-10/h1-5H,6-9H2,(H,17,18). The fourth-order valence-electron chi connectivity index (χ4n) is 1.55. The lowest BCUT2D eigenvalue weighted by molar-refractivity contribution is -0.137. The number of nitrogens with zero attached hydrogens (tertiary/aromatic N) is 4. The number of benzene rings is 1. The van der Waals surface area contributed by atoms with Gasteiger partial charge in [0.1, 0.15) is 5.75 Å². The lowest BCUT2D eigenvalue weighted by atomic mass is 10.3. The Kier molecular flexibility index (Phi) is 4.44. The van der Waals surface area contributed by atoms with E-state index >= 15 is 0 Å². The molecule has 0 saturated carbocycles. The second-order valence-electron chi connectivity index (χ2n) is 3.87. The molecule has 1 heterocycles. The van der Waals surface area contributed by atoms with E-state index in [2.05, 4.69) is 15.5 Å². The molecule has 7 nitrogen and oxygen atoms in total. The maximum atomic E-state index is 10.5. The van der Waals surface area contributed by atoms with Gasteiger partial charge in [0, 0.05) is 6.42 Å². The highest BCUT2D eigenvalue weighted by Gasteiger charge is 2.07. The minimum absolute atomic E-state index is 0.00240. The molecule has 1 aromatic heterocycles. The number of aromatic nitrogens is 4. The highest BCUT2D eigenvalue weighted by molar-refractivity contribution is 5.66. The summed E-state index contributed by atoms with van der Waals surface area (Å²) in [5, 5.41) is 19.8. The van der Waals surface area contributed by atoms with Gasteiger partial charge in [0.05, 0.1) is 19.6 Å². The lowest BCUT2D eigenvalue weighted by Crippen LogP contribution is -2.12. The summed E-state index contributed by atoms with van der Waals surface area (Å²) in [5.41, 5.74) is 0. The zero-order valence-corrected chi connectivity index (χ0v) is 10.3. The first-order valence-electron chi connectivity index (χ1n) is 5.90. The van der Waals surface area contributed by atoms with Crippen LogP contribution in [0.4, 0.5) is 0 Å². The van der Waals surface area contributed by atoms with E-state index in [0.717, 1.165) is 5.75 Å². The number of aryl methyl sites for hydroxylation is 1. The molecule has 0 aliphatic rings. The molecule has 100 valence electrons. The molecule has 1 aromatic carbocycles. The number of carboxylic acid groups (broad SMARTS) is 1. The molecule has 19 heavy (non-hydrogen) atoms. The van der Waals surface area contributed by atoms with Crippen molar-refractivity contribution in [2.75, 3.05) is 6.61 Å². The van der Waals surface area contributed by atoms with Crippen LogP contribution >= 0.6 is 0 Å². The van der Waals surface area contributed by atoms with E-state index < -0.39 is 5.97 Å². The number of carboxylic acids is 1. The summed E-state index contributed by atoms with van der Waals surface area (Å²) in [6.07, 6.45) is 0.527. The summed E-state index contributed by atoms with van der Waals surface area (Å²) in [4.78, 5) is 10.5. The summed E-state index contributed by atoms with van der Waals surface area (Å²) < 4.78 is 7.02. The van der Waals surface area contributed by atoms with Crippen LogP contribution in [0.5, 0.6) is 5.75 Å². The number of hydrogen-bond donors (Lipinski definition) is 1. The zero-order chi connectivity index (χ0) is 13.5. The van der Waals surface area contributed by atoms with Gasteiger partial charge in [-0.05, 0) is 22.6 Å². The Morgan fingerprint density at radius 2 is 2.11 bits per heavy atom. The van der Waals surface area contributed by atoms with Gasteiger partial charge in [0.15, 0.2) is 5.82 Å². The molecule has 0 radical (unpaired) electrons. The smallest absolute Gasteiger partial charge is 0.305 e. The van der Waals surface area contributed by atoms with E-state index in [4.69, 9.17) is 9.84 Å². The summed E-state index contributed by atoms with van der Waals surface area (Å²) in [5.74, 6) is 0.534. The van der Waals surface area contributed by atoms with E-state index in [0.29, 0.717) is 18.9 Å². The van der Waals surface area contributed by atoms with Gasteiger partial charge in [-0.25, -0.2) is 4.68 Å². The van der Waals surface area contributed by atoms with Crippen LogP contribution in [0.15, 0.2) is 30.3 Å². The number of tetrazole rings is 1. The molecule has 0 saturated heterocycles. The Hall–Kier alpha value is -2.44. The largest absolute Gasteiger partial charge is 0.493 e. The Morgan fingerprint density at radius 1 is 1.32 bits per heavy atom. The van der Waals surface area contributed by atoms with Crippen molar-refractivity contribution in [3.8, 4) is 5.75 Å². The van der Waals surface area contributed by atoms with Crippen molar-refractivity contribution in [2.24, 2.45) is 0 Å². The predicted octanol–water partition coefficient (Wildman–Crippen LogP) is 0.769. The van der Waals surface area contributed by atoms with Gasteiger partial charge in [-0.1, -0.05) is 18.2 Å². The number of rotatable bonds is 7. The highest BCUT2D eigenvalue weighted by Crippen LogP contribution is 2.08. The molecule has 0 aliphatic heterocycles. The first kappa shape index (κ1) is 13.0. The van der Waals surface area contributed by atoms with Gasteiger partial charge in [0.25, 0.3) is 0 Å². The Balaban J connectivity index is 1.83. The number of ether oxygens (including phenoxy) is 1. The average Bonchev–Trinajstić information content (AvgIpc) is 2.85. The second kappa shape index (κ2) is 6.48. The third kappa shape index (κ3) is 4.06.